The van der Waals surface area contributed by atoms with Crippen LogP contribution in [0.4, 0.5) is 4.39 Å². The smallest absolute Gasteiger partial charge is 0.204 e. The molecule has 0 aliphatic heterocycles. The predicted octanol–water partition coefficient (Wildman–Crippen LogP) is 3.50. The maximum Gasteiger partial charge on any atom is 0.204 e. The summed E-state index contributed by atoms with van der Waals surface area (Å²) in [5, 5.41) is 13.5. The third kappa shape index (κ3) is 3.68. The number of halogens is 1. The van der Waals surface area contributed by atoms with Gasteiger partial charge in [0.05, 0.1) is 0 Å². The van der Waals surface area contributed by atoms with Crippen molar-refractivity contribution in [2.24, 2.45) is 0 Å². The second kappa shape index (κ2) is 7.64. The fraction of sp³-hybridized carbons (Fsp3) is 0.368. The zero-order valence-corrected chi connectivity index (χ0v) is 13.6. The van der Waals surface area contributed by atoms with Crippen molar-refractivity contribution in [1.82, 2.24) is 5.32 Å². The lowest BCUT2D eigenvalue weighted by molar-refractivity contribution is -0.0144. The van der Waals surface area contributed by atoms with Crippen LogP contribution >= 0.6 is 0 Å². The third-order valence-corrected chi connectivity index (χ3v) is 4.34. The molecule has 2 aromatic rings. The van der Waals surface area contributed by atoms with Gasteiger partial charge in [-0.25, -0.2) is 4.39 Å². The summed E-state index contributed by atoms with van der Waals surface area (Å²) in [5.74, 6) is 0.388. The van der Waals surface area contributed by atoms with Gasteiger partial charge in [0.25, 0.3) is 0 Å². The van der Waals surface area contributed by atoms with Gasteiger partial charge < -0.3 is 19.9 Å². The molecule has 1 fully saturated rings. The van der Waals surface area contributed by atoms with Crippen molar-refractivity contribution in [1.29, 1.82) is 0 Å². The van der Waals surface area contributed by atoms with Crippen molar-refractivity contribution in [2.45, 2.75) is 37.5 Å². The largest absolute Gasteiger partial charge is 0.484 e. The summed E-state index contributed by atoms with van der Waals surface area (Å²) >= 11 is 0. The molecule has 0 heterocycles. The number of para-hydroxylation sites is 2. The van der Waals surface area contributed by atoms with Gasteiger partial charge in [-0.2, -0.15) is 0 Å². The van der Waals surface area contributed by atoms with Crippen molar-refractivity contribution in [3.8, 4) is 17.2 Å². The minimum atomic E-state index is -0.642. The van der Waals surface area contributed by atoms with E-state index in [1.165, 1.54) is 6.07 Å². The normalized spacial score (nSPS) is 23.7. The van der Waals surface area contributed by atoms with Crippen molar-refractivity contribution >= 4 is 0 Å². The fourth-order valence-corrected chi connectivity index (χ4v) is 3.03. The molecule has 0 amide bonds. The standard InChI is InChI=1S/C19H22FNO3/c1-21-15-10-6-11-16(18(15)22)24-17-12-5-9-14(20)19(17)23-13-7-3-2-4-8-13/h2-5,7-9,12,15-16,18,21-22H,6,10-11H2,1H3/t15-,16-,18-/m1/s1. The van der Waals surface area contributed by atoms with Crippen molar-refractivity contribution < 1.29 is 19.0 Å². The van der Waals surface area contributed by atoms with Crippen LogP contribution in [-0.4, -0.2) is 30.4 Å². The van der Waals surface area contributed by atoms with E-state index in [4.69, 9.17) is 9.47 Å². The molecule has 3 rings (SSSR count). The van der Waals surface area contributed by atoms with E-state index in [9.17, 15) is 9.50 Å². The van der Waals surface area contributed by atoms with Gasteiger partial charge in [0.2, 0.25) is 5.75 Å². The van der Waals surface area contributed by atoms with Gasteiger partial charge in [0.15, 0.2) is 11.6 Å². The number of rotatable bonds is 5. The average molecular weight is 331 g/mol. The highest BCUT2D eigenvalue weighted by atomic mass is 19.1. The molecule has 0 unspecified atom stereocenters. The lowest BCUT2D eigenvalue weighted by Gasteiger charge is -2.34. The Balaban J connectivity index is 1.82. The molecule has 2 aromatic carbocycles. The Morgan fingerprint density at radius 3 is 2.62 bits per heavy atom. The lowest BCUT2D eigenvalue weighted by Crippen LogP contribution is -2.50. The minimum absolute atomic E-state index is 0.0178. The van der Waals surface area contributed by atoms with Crippen molar-refractivity contribution in [3.63, 3.8) is 0 Å². The molecule has 4 nitrogen and oxygen atoms in total. The minimum Gasteiger partial charge on any atom is -0.484 e. The van der Waals surface area contributed by atoms with Gasteiger partial charge >= 0.3 is 0 Å². The Labute approximate surface area is 141 Å². The maximum atomic E-state index is 14.3. The van der Waals surface area contributed by atoms with Crippen LogP contribution in [0.3, 0.4) is 0 Å². The van der Waals surface area contributed by atoms with Gasteiger partial charge in [-0.15, -0.1) is 0 Å². The number of aliphatic hydroxyl groups is 1. The Kier molecular flexibility index (Phi) is 5.33. The van der Waals surface area contributed by atoms with E-state index >= 15 is 0 Å². The van der Waals surface area contributed by atoms with Gasteiger partial charge in [0, 0.05) is 6.04 Å². The molecule has 0 aromatic heterocycles. The van der Waals surface area contributed by atoms with Gasteiger partial charge in [-0.1, -0.05) is 24.3 Å². The molecule has 3 atom stereocenters. The highest BCUT2D eigenvalue weighted by molar-refractivity contribution is 5.44. The number of aliphatic hydroxyl groups excluding tert-OH is 1. The first-order valence-corrected chi connectivity index (χ1v) is 8.22. The third-order valence-electron chi connectivity index (χ3n) is 4.34. The number of hydrogen-bond donors (Lipinski definition) is 2. The number of ether oxygens (including phenoxy) is 2. The molecule has 0 saturated heterocycles. The fourth-order valence-electron chi connectivity index (χ4n) is 3.03. The quantitative estimate of drug-likeness (QED) is 0.880. The first-order chi connectivity index (χ1) is 11.7. The molecule has 24 heavy (non-hydrogen) atoms. The SMILES string of the molecule is CN[C@@H]1CCC[C@@H](Oc2cccc(F)c2Oc2ccccc2)[C@@H]1O. The Hall–Kier alpha value is -2.11. The van der Waals surface area contributed by atoms with Crippen LogP contribution in [-0.2, 0) is 0 Å². The van der Waals surface area contributed by atoms with Gasteiger partial charge in [-0.3, -0.25) is 0 Å². The molecule has 0 bridgehead atoms. The molecule has 0 radical (unpaired) electrons. The second-order valence-corrected chi connectivity index (χ2v) is 5.96. The highest BCUT2D eigenvalue weighted by Crippen LogP contribution is 2.36. The maximum absolute atomic E-state index is 14.3. The number of nitrogens with one attached hydrogen (secondary N) is 1. The predicted molar refractivity (Wildman–Crippen MR) is 90.0 cm³/mol. The molecule has 0 spiro atoms. The summed E-state index contributed by atoms with van der Waals surface area (Å²) in [6, 6.07) is 13.6. The first kappa shape index (κ1) is 16.7. The summed E-state index contributed by atoms with van der Waals surface area (Å²) in [7, 11) is 1.82. The van der Waals surface area contributed by atoms with Crippen molar-refractivity contribution in [2.75, 3.05) is 7.05 Å². The monoisotopic (exact) mass is 331 g/mol. The molecule has 1 aliphatic carbocycles. The summed E-state index contributed by atoms with van der Waals surface area (Å²) in [4.78, 5) is 0. The molecule has 1 saturated carbocycles. The van der Waals surface area contributed by atoms with Crippen LogP contribution in [0, 0.1) is 5.82 Å². The topological polar surface area (TPSA) is 50.7 Å². The average Bonchev–Trinajstić information content (AvgIpc) is 2.60. The molecule has 128 valence electrons. The molecule has 2 N–H and O–H groups in total. The Morgan fingerprint density at radius 1 is 1.08 bits per heavy atom. The Morgan fingerprint density at radius 2 is 1.88 bits per heavy atom. The second-order valence-electron chi connectivity index (χ2n) is 5.96. The van der Waals surface area contributed by atoms with E-state index in [-0.39, 0.29) is 11.8 Å². The summed E-state index contributed by atoms with van der Waals surface area (Å²) in [6.45, 7) is 0. The summed E-state index contributed by atoms with van der Waals surface area (Å²) in [5.41, 5.74) is 0. The van der Waals surface area contributed by atoms with Crippen LogP contribution in [0.15, 0.2) is 48.5 Å². The number of likely N-dealkylation sites (N-methyl/N-ethyl adjacent to an activating group) is 1. The zero-order valence-electron chi connectivity index (χ0n) is 13.6. The lowest BCUT2D eigenvalue weighted by atomic mass is 9.90. The summed E-state index contributed by atoms with van der Waals surface area (Å²) in [6.07, 6.45) is 1.53. The molecule has 1 aliphatic rings. The summed E-state index contributed by atoms with van der Waals surface area (Å²) < 4.78 is 25.9. The van der Waals surface area contributed by atoms with Gasteiger partial charge in [0.1, 0.15) is 18.0 Å². The van der Waals surface area contributed by atoms with Gasteiger partial charge in [-0.05, 0) is 50.6 Å². The van der Waals surface area contributed by atoms with E-state index in [1.807, 2.05) is 25.2 Å². The van der Waals surface area contributed by atoms with Crippen LogP contribution in [0.25, 0.3) is 0 Å². The Bertz CT molecular complexity index is 665. The van der Waals surface area contributed by atoms with Crippen LogP contribution in [0.2, 0.25) is 0 Å². The van der Waals surface area contributed by atoms with Crippen LogP contribution in [0.5, 0.6) is 17.2 Å². The number of benzene rings is 2. The van der Waals surface area contributed by atoms with E-state index in [0.717, 1.165) is 19.3 Å². The highest BCUT2D eigenvalue weighted by Gasteiger charge is 2.33. The van der Waals surface area contributed by atoms with E-state index < -0.39 is 18.0 Å². The zero-order chi connectivity index (χ0) is 16.9. The first-order valence-electron chi connectivity index (χ1n) is 8.22. The molecule has 5 heteroatoms. The molecular weight excluding hydrogens is 309 g/mol. The van der Waals surface area contributed by atoms with E-state index in [0.29, 0.717) is 11.5 Å². The van der Waals surface area contributed by atoms with Crippen molar-refractivity contribution in [3.05, 3.63) is 54.3 Å². The molecular formula is C19H22FNO3. The van der Waals surface area contributed by atoms with E-state index in [1.54, 1.807) is 24.3 Å². The van der Waals surface area contributed by atoms with E-state index in [2.05, 4.69) is 5.32 Å². The van der Waals surface area contributed by atoms with Crippen LogP contribution in [0.1, 0.15) is 19.3 Å². The van der Waals surface area contributed by atoms with Crippen LogP contribution < -0.4 is 14.8 Å². The number of hydrogen-bond acceptors (Lipinski definition) is 4.